The molecular weight excluding hydrogens is 292 g/mol. The number of nitrogens with zero attached hydrogens (tertiary/aromatic N) is 3. The molecule has 0 atom stereocenters. The molecule has 3 N–H and O–H groups in total. The molecule has 0 unspecified atom stereocenters. The molecule has 0 spiro atoms. The van der Waals surface area contributed by atoms with Crippen molar-refractivity contribution in [1.82, 2.24) is 19.9 Å². The third kappa shape index (κ3) is 3.45. The molecule has 7 heteroatoms. The Kier molecular flexibility index (Phi) is 4.18. The van der Waals surface area contributed by atoms with E-state index in [1.807, 2.05) is 38.1 Å². The minimum atomic E-state index is -0.139. The smallest absolute Gasteiger partial charge is 0.258 e. The first-order valence-electron chi connectivity index (χ1n) is 7.47. The van der Waals surface area contributed by atoms with Crippen LogP contribution in [0.3, 0.4) is 0 Å². The number of nitrogens with one attached hydrogen (secondary N) is 3. The second kappa shape index (κ2) is 6.43. The largest absolute Gasteiger partial charge is 0.363 e. The molecule has 0 saturated heterocycles. The van der Waals surface area contributed by atoms with Crippen molar-refractivity contribution in [2.75, 3.05) is 17.2 Å². The van der Waals surface area contributed by atoms with E-state index in [1.165, 1.54) is 0 Å². The van der Waals surface area contributed by atoms with Gasteiger partial charge in [-0.2, -0.15) is 4.98 Å². The third-order valence-corrected chi connectivity index (χ3v) is 3.29. The van der Waals surface area contributed by atoms with E-state index in [1.54, 1.807) is 6.07 Å². The van der Waals surface area contributed by atoms with Crippen LogP contribution < -0.4 is 16.2 Å². The Bertz CT molecular complexity index is 889. The van der Waals surface area contributed by atoms with Gasteiger partial charge in [-0.1, -0.05) is 12.1 Å². The van der Waals surface area contributed by atoms with Crippen LogP contribution in [0.5, 0.6) is 0 Å². The zero-order chi connectivity index (χ0) is 16.2. The predicted molar refractivity (Wildman–Crippen MR) is 90.6 cm³/mol. The topological polar surface area (TPSA) is 95.6 Å². The SMILES string of the molecule is CCNc1nc(C)cc(NCc2nc3ccccc3c(=O)[nH]2)n1. The fourth-order valence-corrected chi connectivity index (χ4v) is 2.29. The van der Waals surface area contributed by atoms with Gasteiger partial charge in [-0.3, -0.25) is 4.79 Å². The average Bonchev–Trinajstić information content (AvgIpc) is 2.53. The van der Waals surface area contributed by atoms with Crippen LogP contribution >= 0.6 is 0 Å². The fourth-order valence-electron chi connectivity index (χ4n) is 2.29. The molecule has 7 nitrogen and oxygen atoms in total. The summed E-state index contributed by atoms with van der Waals surface area (Å²) in [6, 6.07) is 9.12. The lowest BCUT2D eigenvalue weighted by Crippen LogP contribution is -2.15. The molecular formula is C16H18N6O. The highest BCUT2D eigenvalue weighted by atomic mass is 16.1. The number of hydrogen-bond acceptors (Lipinski definition) is 6. The normalized spacial score (nSPS) is 10.7. The van der Waals surface area contributed by atoms with Gasteiger partial charge in [0.15, 0.2) is 0 Å². The predicted octanol–water partition coefficient (Wildman–Crippen LogP) is 2.07. The molecule has 0 aliphatic heterocycles. The first-order chi connectivity index (χ1) is 11.2. The van der Waals surface area contributed by atoms with Crippen LogP contribution in [-0.4, -0.2) is 26.5 Å². The molecule has 3 rings (SSSR count). The van der Waals surface area contributed by atoms with E-state index in [9.17, 15) is 4.79 Å². The van der Waals surface area contributed by atoms with Gasteiger partial charge in [0.25, 0.3) is 5.56 Å². The first kappa shape index (κ1) is 15.0. The van der Waals surface area contributed by atoms with Crippen molar-refractivity contribution in [3.05, 3.63) is 52.2 Å². The monoisotopic (exact) mass is 310 g/mol. The van der Waals surface area contributed by atoms with Crippen LogP contribution in [-0.2, 0) is 6.54 Å². The number of anilines is 2. The second-order valence-corrected chi connectivity index (χ2v) is 5.13. The van der Waals surface area contributed by atoms with Crippen molar-refractivity contribution < 1.29 is 0 Å². The summed E-state index contributed by atoms with van der Waals surface area (Å²) in [4.78, 5) is 28.0. The number of para-hydroxylation sites is 1. The Morgan fingerprint density at radius 3 is 2.78 bits per heavy atom. The molecule has 3 aromatic rings. The quantitative estimate of drug-likeness (QED) is 0.667. The number of hydrogen-bond donors (Lipinski definition) is 3. The number of H-pyrrole nitrogens is 1. The van der Waals surface area contributed by atoms with Gasteiger partial charge in [-0.15, -0.1) is 0 Å². The van der Waals surface area contributed by atoms with Crippen LogP contribution in [0.1, 0.15) is 18.4 Å². The Hall–Kier alpha value is -2.96. The second-order valence-electron chi connectivity index (χ2n) is 5.13. The van der Waals surface area contributed by atoms with Crippen molar-refractivity contribution in [3.63, 3.8) is 0 Å². The number of benzene rings is 1. The summed E-state index contributed by atoms with van der Waals surface area (Å²) >= 11 is 0. The van der Waals surface area contributed by atoms with E-state index in [0.717, 1.165) is 12.2 Å². The Morgan fingerprint density at radius 2 is 1.96 bits per heavy atom. The molecule has 1 aromatic carbocycles. The highest BCUT2D eigenvalue weighted by Gasteiger charge is 2.05. The summed E-state index contributed by atoms with van der Waals surface area (Å²) in [5.41, 5.74) is 1.40. The van der Waals surface area contributed by atoms with Gasteiger partial charge in [-0.05, 0) is 26.0 Å². The Labute approximate surface area is 133 Å². The molecule has 0 aliphatic rings. The van der Waals surface area contributed by atoms with Gasteiger partial charge in [-0.25, -0.2) is 9.97 Å². The molecule has 0 radical (unpaired) electrons. The zero-order valence-corrected chi connectivity index (χ0v) is 13.1. The Morgan fingerprint density at radius 1 is 1.13 bits per heavy atom. The van der Waals surface area contributed by atoms with Crippen molar-refractivity contribution in [2.24, 2.45) is 0 Å². The van der Waals surface area contributed by atoms with Gasteiger partial charge in [0.2, 0.25) is 5.95 Å². The highest BCUT2D eigenvalue weighted by molar-refractivity contribution is 5.77. The van der Waals surface area contributed by atoms with Crippen LogP contribution in [0.2, 0.25) is 0 Å². The zero-order valence-electron chi connectivity index (χ0n) is 13.1. The molecule has 0 aliphatic carbocycles. The molecule has 0 fully saturated rings. The van der Waals surface area contributed by atoms with Crippen molar-refractivity contribution in [2.45, 2.75) is 20.4 Å². The number of rotatable bonds is 5. The van der Waals surface area contributed by atoms with Crippen molar-refractivity contribution >= 4 is 22.7 Å². The van der Waals surface area contributed by atoms with E-state index >= 15 is 0 Å². The average molecular weight is 310 g/mol. The van der Waals surface area contributed by atoms with E-state index < -0.39 is 0 Å². The Balaban J connectivity index is 1.82. The van der Waals surface area contributed by atoms with Gasteiger partial charge in [0.1, 0.15) is 11.6 Å². The lowest BCUT2D eigenvalue weighted by atomic mass is 10.2. The molecule has 0 bridgehead atoms. The summed E-state index contributed by atoms with van der Waals surface area (Å²) in [6.07, 6.45) is 0. The minimum absolute atomic E-state index is 0.139. The van der Waals surface area contributed by atoms with Gasteiger partial charge >= 0.3 is 0 Å². The number of aryl methyl sites for hydroxylation is 1. The maximum absolute atomic E-state index is 12.0. The molecule has 0 saturated carbocycles. The van der Waals surface area contributed by atoms with E-state index in [2.05, 4.69) is 30.6 Å². The number of aromatic nitrogens is 4. The standard InChI is InChI=1S/C16H18N6O/c1-3-17-16-19-10(2)8-13(22-16)18-9-14-20-12-7-5-4-6-11(12)15(23)21-14/h4-8H,3,9H2,1-2H3,(H,20,21,23)(H2,17,18,19,22). The van der Waals surface area contributed by atoms with Crippen LogP contribution in [0.4, 0.5) is 11.8 Å². The summed E-state index contributed by atoms with van der Waals surface area (Å²) in [6.45, 7) is 5.02. The van der Waals surface area contributed by atoms with Crippen molar-refractivity contribution in [1.29, 1.82) is 0 Å². The third-order valence-electron chi connectivity index (χ3n) is 3.29. The van der Waals surface area contributed by atoms with E-state index in [4.69, 9.17) is 0 Å². The maximum atomic E-state index is 12.0. The van der Waals surface area contributed by atoms with E-state index in [-0.39, 0.29) is 5.56 Å². The summed E-state index contributed by atoms with van der Waals surface area (Å²) in [7, 11) is 0. The summed E-state index contributed by atoms with van der Waals surface area (Å²) in [5.74, 6) is 1.83. The maximum Gasteiger partial charge on any atom is 0.258 e. The molecule has 23 heavy (non-hydrogen) atoms. The molecule has 2 aromatic heterocycles. The lowest BCUT2D eigenvalue weighted by molar-refractivity contribution is 0.938. The van der Waals surface area contributed by atoms with E-state index in [0.29, 0.717) is 35.0 Å². The number of aromatic amines is 1. The molecule has 118 valence electrons. The van der Waals surface area contributed by atoms with Gasteiger partial charge in [0, 0.05) is 18.3 Å². The first-order valence-corrected chi connectivity index (χ1v) is 7.47. The lowest BCUT2D eigenvalue weighted by Gasteiger charge is -2.09. The summed E-state index contributed by atoms with van der Waals surface area (Å²) in [5, 5.41) is 6.84. The minimum Gasteiger partial charge on any atom is -0.363 e. The van der Waals surface area contributed by atoms with Gasteiger partial charge < -0.3 is 15.6 Å². The number of fused-ring (bicyclic) bond motifs is 1. The summed E-state index contributed by atoms with van der Waals surface area (Å²) < 4.78 is 0. The van der Waals surface area contributed by atoms with Gasteiger partial charge in [0.05, 0.1) is 17.4 Å². The molecule has 0 amide bonds. The molecule has 2 heterocycles. The van der Waals surface area contributed by atoms with Crippen LogP contribution in [0, 0.1) is 6.92 Å². The van der Waals surface area contributed by atoms with Crippen LogP contribution in [0.25, 0.3) is 10.9 Å². The highest BCUT2D eigenvalue weighted by Crippen LogP contribution is 2.11. The van der Waals surface area contributed by atoms with Crippen molar-refractivity contribution in [3.8, 4) is 0 Å². The van der Waals surface area contributed by atoms with Crippen LogP contribution in [0.15, 0.2) is 35.1 Å². The fraction of sp³-hybridized carbons (Fsp3) is 0.250.